The van der Waals surface area contributed by atoms with Gasteiger partial charge in [-0.05, 0) is 64.9 Å². The van der Waals surface area contributed by atoms with Gasteiger partial charge in [-0.25, -0.2) is 8.42 Å². The lowest BCUT2D eigenvalue weighted by molar-refractivity contribution is 0.544. The van der Waals surface area contributed by atoms with E-state index in [9.17, 15) is 8.42 Å². The quantitative estimate of drug-likeness (QED) is 0.428. The summed E-state index contributed by atoms with van der Waals surface area (Å²) in [5.74, 6) is 0. The number of nitrogens with one attached hydrogen (secondary N) is 1. The second kappa shape index (κ2) is 8.92. The number of benzene rings is 2. The molecule has 6 heteroatoms. The number of unbranched alkanes of at least 4 members (excludes halogenated alkanes) is 4. The van der Waals surface area contributed by atoms with Gasteiger partial charge in [0.2, 0.25) is 0 Å². The first-order chi connectivity index (χ1) is 13.0. The van der Waals surface area contributed by atoms with Crippen molar-refractivity contribution >= 4 is 38.3 Å². The molecule has 1 aliphatic heterocycles. The van der Waals surface area contributed by atoms with Crippen LogP contribution in [-0.2, 0) is 10.0 Å². The number of fused-ring (bicyclic) bond motifs is 2. The molecule has 0 saturated carbocycles. The van der Waals surface area contributed by atoms with Gasteiger partial charge < -0.3 is 5.32 Å². The van der Waals surface area contributed by atoms with Crippen LogP contribution in [0.2, 0.25) is 0 Å². The summed E-state index contributed by atoms with van der Waals surface area (Å²) in [4.78, 5) is 0.400. The van der Waals surface area contributed by atoms with Gasteiger partial charge in [-0.1, -0.05) is 56.9 Å². The van der Waals surface area contributed by atoms with Crippen LogP contribution in [-0.4, -0.2) is 22.0 Å². The highest BCUT2D eigenvalue weighted by Crippen LogP contribution is 2.40. The summed E-state index contributed by atoms with van der Waals surface area (Å²) in [6.45, 7) is 3.09. The summed E-state index contributed by atoms with van der Waals surface area (Å²) in [6.07, 6.45) is 6.06. The molecule has 2 aromatic rings. The molecule has 0 amide bonds. The Balaban J connectivity index is 1.98. The number of para-hydroxylation sites is 1. The average molecular weight is 498 g/mol. The highest BCUT2D eigenvalue weighted by atomic mass is 127. The molecule has 1 atom stereocenters. The zero-order valence-electron chi connectivity index (χ0n) is 15.9. The molecule has 146 valence electrons. The Morgan fingerprint density at radius 2 is 1.78 bits per heavy atom. The van der Waals surface area contributed by atoms with Gasteiger partial charge in [0.15, 0.2) is 0 Å². The van der Waals surface area contributed by atoms with Crippen molar-refractivity contribution in [3.63, 3.8) is 0 Å². The van der Waals surface area contributed by atoms with Crippen molar-refractivity contribution in [3.8, 4) is 0 Å². The van der Waals surface area contributed by atoms with Crippen molar-refractivity contribution in [3.05, 3.63) is 57.2 Å². The minimum atomic E-state index is -3.58. The monoisotopic (exact) mass is 498 g/mol. The van der Waals surface area contributed by atoms with Crippen LogP contribution in [0.3, 0.4) is 0 Å². The molecule has 1 unspecified atom stereocenters. The molecule has 3 rings (SSSR count). The van der Waals surface area contributed by atoms with E-state index in [1.165, 1.54) is 30.0 Å². The fourth-order valence-corrected chi connectivity index (χ4v) is 5.81. The third-order valence-corrected chi connectivity index (χ3v) is 7.64. The van der Waals surface area contributed by atoms with E-state index in [0.717, 1.165) is 33.4 Å². The second-order valence-electron chi connectivity index (χ2n) is 7.01. The lowest BCUT2D eigenvalue weighted by atomic mass is 9.96. The van der Waals surface area contributed by atoms with Crippen molar-refractivity contribution < 1.29 is 8.42 Å². The Morgan fingerprint density at radius 3 is 2.56 bits per heavy atom. The summed E-state index contributed by atoms with van der Waals surface area (Å²) in [6, 6.07) is 13.4. The van der Waals surface area contributed by atoms with Gasteiger partial charge in [0.1, 0.15) is 0 Å². The van der Waals surface area contributed by atoms with Crippen LogP contribution in [0.5, 0.6) is 0 Å². The van der Waals surface area contributed by atoms with Crippen molar-refractivity contribution in [1.29, 1.82) is 0 Å². The number of halogens is 1. The Hall–Kier alpha value is -1.12. The van der Waals surface area contributed by atoms with Gasteiger partial charge in [0.05, 0.1) is 16.6 Å². The number of sulfonamides is 1. The van der Waals surface area contributed by atoms with Crippen molar-refractivity contribution in [2.45, 2.75) is 50.0 Å². The smallest absolute Gasteiger partial charge is 0.264 e. The van der Waals surface area contributed by atoms with E-state index < -0.39 is 10.0 Å². The van der Waals surface area contributed by atoms with Crippen LogP contribution >= 0.6 is 22.6 Å². The SMILES string of the molecule is CCCCCCCNC1c2ccccc2N(C)S(=O)(=O)c2cc(I)ccc21. The molecule has 27 heavy (non-hydrogen) atoms. The van der Waals surface area contributed by atoms with Gasteiger partial charge in [-0.3, -0.25) is 4.31 Å². The van der Waals surface area contributed by atoms with Crippen LogP contribution in [0.1, 0.15) is 56.2 Å². The molecule has 0 spiro atoms. The minimum absolute atomic E-state index is 0.126. The van der Waals surface area contributed by atoms with Crippen molar-refractivity contribution in [2.24, 2.45) is 0 Å². The average Bonchev–Trinajstić information content (AvgIpc) is 2.73. The Morgan fingerprint density at radius 1 is 1.04 bits per heavy atom. The molecule has 0 aromatic heterocycles. The number of hydrogen-bond acceptors (Lipinski definition) is 3. The largest absolute Gasteiger partial charge is 0.306 e. The van der Waals surface area contributed by atoms with Crippen LogP contribution in [0.15, 0.2) is 47.4 Å². The van der Waals surface area contributed by atoms with Crippen LogP contribution in [0.4, 0.5) is 5.69 Å². The molecule has 1 aliphatic rings. The van der Waals surface area contributed by atoms with Crippen LogP contribution in [0, 0.1) is 3.57 Å². The predicted octanol–water partition coefficient (Wildman–Crippen LogP) is 5.08. The van der Waals surface area contributed by atoms with E-state index in [4.69, 9.17) is 0 Å². The molecule has 0 radical (unpaired) electrons. The summed E-state index contributed by atoms with van der Waals surface area (Å²) >= 11 is 2.17. The predicted molar refractivity (Wildman–Crippen MR) is 120 cm³/mol. The number of rotatable bonds is 7. The molecule has 0 bridgehead atoms. The minimum Gasteiger partial charge on any atom is -0.306 e. The van der Waals surface area contributed by atoms with Crippen LogP contribution in [0.25, 0.3) is 0 Å². The van der Waals surface area contributed by atoms with Crippen molar-refractivity contribution in [2.75, 3.05) is 17.9 Å². The maximum absolute atomic E-state index is 13.2. The molecule has 0 saturated heterocycles. The van der Waals surface area contributed by atoms with E-state index in [0.29, 0.717) is 4.90 Å². The Kier molecular flexibility index (Phi) is 6.81. The standard InChI is InChI=1S/C21H27IN2O2S/c1-3-4-5-6-9-14-23-21-17-10-7-8-11-19(17)24(2)27(25,26)20-15-16(22)12-13-18(20)21/h7-8,10-13,15,21,23H,3-6,9,14H2,1-2H3. The first-order valence-electron chi connectivity index (χ1n) is 9.57. The third-order valence-electron chi connectivity index (χ3n) is 5.14. The van der Waals surface area contributed by atoms with Crippen molar-refractivity contribution in [1.82, 2.24) is 5.32 Å². The summed E-state index contributed by atoms with van der Waals surface area (Å²) < 4.78 is 28.8. The number of anilines is 1. The topological polar surface area (TPSA) is 49.4 Å². The lowest BCUT2D eigenvalue weighted by Crippen LogP contribution is -2.26. The first-order valence-corrected chi connectivity index (χ1v) is 12.1. The van der Waals surface area contributed by atoms with Gasteiger partial charge >= 0.3 is 0 Å². The van der Waals surface area contributed by atoms with Gasteiger partial charge in [-0.2, -0.15) is 0 Å². The second-order valence-corrected chi connectivity index (χ2v) is 10.2. The fourth-order valence-electron chi connectivity index (χ4n) is 3.63. The highest BCUT2D eigenvalue weighted by molar-refractivity contribution is 14.1. The summed E-state index contributed by atoms with van der Waals surface area (Å²) in [7, 11) is -1.94. The van der Waals surface area contributed by atoms with E-state index in [1.807, 2.05) is 36.4 Å². The van der Waals surface area contributed by atoms with Gasteiger partial charge in [-0.15, -0.1) is 0 Å². The lowest BCUT2D eigenvalue weighted by Gasteiger charge is -2.22. The van der Waals surface area contributed by atoms with E-state index in [-0.39, 0.29) is 6.04 Å². The zero-order chi connectivity index (χ0) is 19.4. The Bertz CT molecular complexity index is 899. The summed E-state index contributed by atoms with van der Waals surface area (Å²) in [5.41, 5.74) is 2.59. The molecule has 2 aromatic carbocycles. The Labute approximate surface area is 176 Å². The van der Waals surface area contributed by atoms with Gasteiger partial charge in [0.25, 0.3) is 10.0 Å². The van der Waals surface area contributed by atoms with E-state index >= 15 is 0 Å². The van der Waals surface area contributed by atoms with E-state index in [2.05, 4.69) is 34.8 Å². The normalized spacial score (nSPS) is 17.9. The molecular formula is C21H27IN2O2S. The molecule has 1 N–H and O–H groups in total. The maximum Gasteiger partial charge on any atom is 0.264 e. The number of hydrogen-bond donors (Lipinski definition) is 1. The third kappa shape index (κ3) is 4.32. The molecule has 4 nitrogen and oxygen atoms in total. The maximum atomic E-state index is 13.2. The molecule has 0 aliphatic carbocycles. The molecule has 0 fully saturated rings. The van der Waals surface area contributed by atoms with E-state index in [1.54, 1.807) is 13.1 Å². The number of nitrogens with zero attached hydrogens (tertiary/aromatic N) is 1. The van der Waals surface area contributed by atoms with Crippen LogP contribution < -0.4 is 9.62 Å². The molecular weight excluding hydrogens is 471 g/mol. The van der Waals surface area contributed by atoms with Gasteiger partial charge in [0, 0.05) is 10.6 Å². The highest BCUT2D eigenvalue weighted by Gasteiger charge is 2.34. The fraction of sp³-hybridized carbons (Fsp3) is 0.429. The summed E-state index contributed by atoms with van der Waals surface area (Å²) in [5, 5.41) is 3.64. The molecule has 1 heterocycles. The first kappa shape index (κ1) is 20.6. The zero-order valence-corrected chi connectivity index (χ0v) is 18.9.